The fourth-order valence-electron chi connectivity index (χ4n) is 2.75. The Labute approximate surface area is 159 Å². The van der Waals surface area contributed by atoms with Crippen LogP contribution in [-0.2, 0) is 17.9 Å². The number of amides is 1. The summed E-state index contributed by atoms with van der Waals surface area (Å²) in [6, 6.07) is 15.9. The average Bonchev–Trinajstić information content (AvgIpc) is 3.19. The van der Waals surface area contributed by atoms with Crippen LogP contribution in [-0.4, -0.2) is 27.3 Å². The van der Waals surface area contributed by atoms with Crippen LogP contribution in [0.25, 0.3) is 0 Å². The van der Waals surface area contributed by atoms with Gasteiger partial charge in [-0.2, -0.15) is 5.10 Å². The van der Waals surface area contributed by atoms with E-state index < -0.39 is 0 Å². The van der Waals surface area contributed by atoms with Gasteiger partial charge < -0.3 is 10.1 Å². The molecule has 27 heavy (non-hydrogen) atoms. The number of aromatic nitrogens is 3. The van der Waals surface area contributed by atoms with Gasteiger partial charge in [-0.1, -0.05) is 56.3 Å². The molecule has 0 atom stereocenters. The topological polar surface area (TPSA) is 69.0 Å². The molecule has 1 amide bonds. The maximum Gasteiger partial charge on any atom is 0.258 e. The Morgan fingerprint density at radius 1 is 1.11 bits per heavy atom. The monoisotopic (exact) mass is 364 g/mol. The minimum absolute atomic E-state index is 0.00805. The molecular formula is C21H24N4O2. The van der Waals surface area contributed by atoms with Gasteiger partial charge >= 0.3 is 0 Å². The summed E-state index contributed by atoms with van der Waals surface area (Å²) < 4.78 is 7.47. The maximum absolute atomic E-state index is 12.1. The molecule has 0 fully saturated rings. The van der Waals surface area contributed by atoms with Gasteiger partial charge in [-0.15, -0.1) is 0 Å². The molecule has 6 heteroatoms. The van der Waals surface area contributed by atoms with Crippen LogP contribution in [0.5, 0.6) is 5.75 Å². The third kappa shape index (κ3) is 5.41. The zero-order chi connectivity index (χ0) is 19.1. The fraction of sp³-hybridized carbons (Fsp3) is 0.286. The quantitative estimate of drug-likeness (QED) is 0.667. The van der Waals surface area contributed by atoms with Gasteiger partial charge in [0.25, 0.3) is 5.91 Å². The first-order valence-corrected chi connectivity index (χ1v) is 9.00. The van der Waals surface area contributed by atoms with Crippen LogP contribution >= 0.6 is 0 Å². The van der Waals surface area contributed by atoms with E-state index in [4.69, 9.17) is 4.74 Å². The molecule has 0 spiro atoms. The molecule has 0 unspecified atom stereocenters. The Morgan fingerprint density at radius 2 is 1.85 bits per heavy atom. The Balaban J connectivity index is 1.46. The number of para-hydroxylation sites is 1. The molecule has 0 aliphatic heterocycles. The van der Waals surface area contributed by atoms with Crippen LogP contribution in [0.1, 0.15) is 36.5 Å². The summed E-state index contributed by atoms with van der Waals surface area (Å²) in [5.41, 5.74) is 3.27. The second-order valence-electron chi connectivity index (χ2n) is 6.67. The Morgan fingerprint density at radius 3 is 2.56 bits per heavy atom. The second kappa shape index (κ2) is 8.98. The predicted molar refractivity (Wildman–Crippen MR) is 103 cm³/mol. The molecule has 3 aromatic rings. The molecule has 1 heterocycles. The molecule has 0 aliphatic rings. The van der Waals surface area contributed by atoms with E-state index in [2.05, 4.69) is 29.2 Å². The van der Waals surface area contributed by atoms with Gasteiger partial charge in [0.15, 0.2) is 6.61 Å². The highest BCUT2D eigenvalue weighted by atomic mass is 16.5. The van der Waals surface area contributed by atoms with Crippen molar-refractivity contribution in [1.29, 1.82) is 0 Å². The van der Waals surface area contributed by atoms with E-state index in [-0.39, 0.29) is 12.5 Å². The molecular weight excluding hydrogens is 340 g/mol. The molecule has 3 rings (SSSR count). The SMILES string of the molecule is CC(C)c1ccccc1OCC(=O)NCc1ccc(Cn2cncn2)cc1. The number of nitrogens with one attached hydrogen (secondary N) is 1. The number of hydrogen-bond donors (Lipinski definition) is 1. The van der Waals surface area contributed by atoms with Crippen molar-refractivity contribution in [3.8, 4) is 5.75 Å². The standard InChI is InChI=1S/C21H24N4O2/c1-16(2)19-5-3-4-6-20(19)27-13-21(26)23-11-17-7-9-18(10-8-17)12-25-15-22-14-24-25/h3-10,14-16H,11-13H2,1-2H3,(H,23,26). The number of hydrogen-bond acceptors (Lipinski definition) is 4. The molecule has 0 bridgehead atoms. The van der Waals surface area contributed by atoms with E-state index in [9.17, 15) is 4.79 Å². The van der Waals surface area contributed by atoms with Crippen molar-refractivity contribution in [3.05, 3.63) is 77.9 Å². The summed E-state index contributed by atoms with van der Waals surface area (Å²) in [7, 11) is 0. The lowest BCUT2D eigenvalue weighted by Gasteiger charge is -2.13. The van der Waals surface area contributed by atoms with E-state index >= 15 is 0 Å². The summed E-state index contributed by atoms with van der Waals surface area (Å²) >= 11 is 0. The lowest BCUT2D eigenvalue weighted by Crippen LogP contribution is -2.28. The van der Waals surface area contributed by atoms with Gasteiger partial charge in [0.1, 0.15) is 18.4 Å². The van der Waals surface area contributed by atoms with Crippen LogP contribution in [0.2, 0.25) is 0 Å². The molecule has 6 nitrogen and oxygen atoms in total. The van der Waals surface area contributed by atoms with Crippen molar-refractivity contribution in [2.45, 2.75) is 32.9 Å². The van der Waals surface area contributed by atoms with Crippen molar-refractivity contribution >= 4 is 5.91 Å². The molecule has 0 saturated carbocycles. The van der Waals surface area contributed by atoms with Crippen molar-refractivity contribution in [2.24, 2.45) is 0 Å². The summed E-state index contributed by atoms with van der Waals surface area (Å²) in [4.78, 5) is 16.0. The number of carbonyl (C=O) groups is 1. The van der Waals surface area contributed by atoms with E-state index in [0.717, 1.165) is 22.4 Å². The fourth-order valence-corrected chi connectivity index (χ4v) is 2.75. The summed E-state index contributed by atoms with van der Waals surface area (Å²) in [6.07, 6.45) is 3.21. The molecule has 1 aromatic heterocycles. The van der Waals surface area contributed by atoms with Crippen molar-refractivity contribution in [1.82, 2.24) is 20.1 Å². The highest BCUT2D eigenvalue weighted by molar-refractivity contribution is 5.77. The number of ether oxygens (including phenoxy) is 1. The Kier molecular flexibility index (Phi) is 6.20. The van der Waals surface area contributed by atoms with Crippen molar-refractivity contribution in [2.75, 3.05) is 6.61 Å². The number of carbonyl (C=O) groups excluding carboxylic acids is 1. The van der Waals surface area contributed by atoms with Crippen LogP contribution in [0.15, 0.2) is 61.2 Å². The third-order valence-electron chi connectivity index (χ3n) is 4.22. The highest BCUT2D eigenvalue weighted by Gasteiger charge is 2.09. The lowest BCUT2D eigenvalue weighted by atomic mass is 10.0. The second-order valence-corrected chi connectivity index (χ2v) is 6.67. The predicted octanol–water partition coefficient (Wildman–Crippen LogP) is 3.15. The number of benzene rings is 2. The highest BCUT2D eigenvalue weighted by Crippen LogP contribution is 2.25. The molecule has 0 radical (unpaired) electrons. The van der Waals surface area contributed by atoms with Gasteiger partial charge in [-0.25, -0.2) is 9.67 Å². The van der Waals surface area contributed by atoms with Crippen molar-refractivity contribution in [3.63, 3.8) is 0 Å². The van der Waals surface area contributed by atoms with Gasteiger partial charge in [0, 0.05) is 6.54 Å². The van der Waals surface area contributed by atoms with Gasteiger partial charge in [-0.3, -0.25) is 4.79 Å². The molecule has 0 aliphatic carbocycles. The molecule has 140 valence electrons. The van der Waals surface area contributed by atoms with Crippen molar-refractivity contribution < 1.29 is 9.53 Å². The van der Waals surface area contributed by atoms with E-state index in [0.29, 0.717) is 19.0 Å². The van der Waals surface area contributed by atoms with Crippen LogP contribution in [0, 0.1) is 0 Å². The minimum atomic E-state index is -0.139. The Bertz CT molecular complexity index is 858. The van der Waals surface area contributed by atoms with Gasteiger partial charge in [0.05, 0.1) is 6.54 Å². The van der Waals surface area contributed by atoms with Gasteiger partial charge in [0.2, 0.25) is 0 Å². The normalized spacial score (nSPS) is 10.8. The summed E-state index contributed by atoms with van der Waals surface area (Å²) in [5.74, 6) is 0.973. The summed E-state index contributed by atoms with van der Waals surface area (Å²) in [6.45, 7) is 5.37. The zero-order valence-electron chi connectivity index (χ0n) is 15.6. The maximum atomic E-state index is 12.1. The van der Waals surface area contributed by atoms with Crippen LogP contribution in [0.3, 0.4) is 0 Å². The smallest absolute Gasteiger partial charge is 0.258 e. The first kappa shape index (κ1) is 18.6. The largest absolute Gasteiger partial charge is 0.483 e. The molecule has 1 N–H and O–H groups in total. The van der Waals surface area contributed by atoms with E-state index in [1.807, 2.05) is 48.5 Å². The molecule has 2 aromatic carbocycles. The first-order valence-electron chi connectivity index (χ1n) is 9.00. The number of rotatable bonds is 8. The Hall–Kier alpha value is -3.15. The lowest BCUT2D eigenvalue weighted by molar-refractivity contribution is -0.123. The van der Waals surface area contributed by atoms with E-state index in [1.165, 1.54) is 6.33 Å². The minimum Gasteiger partial charge on any atom is -0.483 e. The van der Waals surface area contributed by atoms with Crippen LogP contribution < -0.4 is 10.1 Å². The number of nitrogens with zero attached hydrogens (tertiary/aromatic N) is 3. The summed E-state index contributed by atoms with van der Waals surface area (Å²) in [5, 5.41) is 6.98. The average molecular weight is 364 g/mol. The third-order valence-corrected chi connectivity index (χ3v) is 4.22. The van der Waals surface area contributed by atoms with Gasteiger partial charge in [-0.05, 0) is 28.7 Å². The van der Waals surface area contributed by atoms with Crippen LogP contribution in [0.4, 0.5) is 0 Å². The van der Waals surface area contributed by atoms with E-state index in [1.54, 1.807) is 11.0 Å². The molecule has 0 saturated heterocycles. The first-order chi connectivity index (χ1) is 13.1. The zero-order valence-corrected chi connectivity index (χ0v) is 15.6.